The molecule has 0 saturated heterocycles. The van der Waals surface area contributed by atoms with Crippen molar-refractivity contribution >= 4 is 66.3 Å². The van der Waals surface area contributed by atoms with Crippen LogP contribution in [0.25, 0.3) is 0 Å². The third-order valence-corrected chi connectivity index (χ3v) is 34.4. The van der Waals surface area contributed by atoms with Gasteiger partial charge in [0, 0.05) is 29.7 Å². The molecule has 0 fully saturated rings. The maximum atomic E-state index is 13.9. The first-order valence-corrected chi connectivity index (χ1v) is 36.7. The molecule has 0 N–H and O–H groups in total. The van der Waals surface area contributed by atoms with Gasteiger partial charge < -0.3 is 9.16 Å². The molecule has 2 rings (SSSR count). The fourth-order valence-electron chi connectivity index (χ4n) is 7.84. The van der Waals surface area contributed by atoms with Crippen LogP contribution in [0.3, 0.4) is 0 Å². The monoisotopic (exact) mass is 1080 g/mol. The number of nitrogens with zero attached hydrogens (tertiary/aromatic N) is 1. The molecule has 0 unspecified atom stereocenters. The minimum absolute atomic E-state index is 0.0900. The molecule has 5 atom stereocenters. The number of thiazole rings is 1. The van der Waals surface area contributed by atoms with Crippen molar-refractivity contribution in [2.75, 3.05) is 18.5 Å². The number of allylic oxidation sites excluding steroid dienone is 2. The zero-order valence-corrected chi connectivity index (χ0v) is 50.7. The summed E-state index contributed by atoms with van der Waals surface area (Å²) in [5, 5.41) is 1.64. The molecule has 1 aliphatic heterocycles. The van der Waals surface area contributed by atoms with Gasteiger partial charge >= 0.3 is 208 Å². The second kappa shape index (κ2) is 26.1. The van der Waals surface area contributed by atoms with Crippen molar-refractivity contribution in [1.82, 2.24) is 4.98 Å². The number of halogens is 4. The van der Waals surface area contributed by atoms with Crippen LogP contribution in [0.2, 0.25) is 36.3 Å². The van der Waals surface area contributed by atoms with Gasteiger partial charge in [-0.25, -0.2) is 0 Å². The fourth-order valence-corrected chi connectivity index (χ4v) is 19.6. The van der Waals surface area contributed by atoms with Crippen LogP contribution in [0, 0.1) is 23.2 Å². The summed E-state index contributed by atoms with van der Waals surface area (Å²) >= 11 is 6.31. The number of carbonyl (C=O) groups is 3. The number of rotatable bonds is 17. The van der Waals surface area contributed by atoms with E-state index in [0.717, 1.165) is 11.1 Å². The molecule has 0 radical (unpaired) electrons. The Hall–Kier alpha value is -1.03. The predicted octanol–water partition coefficient (Wildman–Crippen LogP) is 17.0. The number of hydrogen-bond acceptors (Lipinski definition) is 8. The number of ether oxygens (including phenoxy) is 1. The quantitative estimate of drug-likeness (QED) is 0.0664. The molecule has 67 heavy (non-hydrogen) atoms. The van der Waals surface area contributed by atoms with Gasteiger partial charge in [0.05, 0.1) is 6.10 Å². The molecule has 0 bridgehead atoms. The van der Waals surface area contributed by atoms with Gasteiger partial charge in [-0.15, -0.1) is 0 Å². The van der Waals surface area contributed by atoms with E-state index in [2.05, 4.69) is 109 Å². The van der Waals surface area contributed by atoms with Crippen molar-refractivity contribution in [1.29, 1.82) is 0 Å². The van der Waals surface area contributed by atoms with E-state index in [1.165, 1.54) is 81.9 Å². The summed E-state index contributed by atoms with van der Waals surface area (Å²) in [6, 6.07) is 0. The number of ketones is 2. The minimum atomic E-state index is -4.61. The Morgan fingerprint density at radius 1 is 0.910 bits per heavy atom. The number of carbonyl (C=O) groups excluding carboxylic acids is 3. The Kier molecular flexibility index (Phi) is 24.9. The third kappa shape index (κ3) is 19.8. The number of Topliss-reactive ketones (excluding diaryl/α,β-unsaturated/α-hetero) is 2. The molecule has 0 spiro atoms. The maximum absolute atomic E-state index is 13.9. The van der Waals surface area contributed by atoms with Crippen LogP contribution in [-0.4, -0.2) is 76.0 Å². The summed E-state index contributed by atoms with van der Waals surface area (Å²) in [4.78, 5) is 43.7. The molecule has 390 valence electrons. The van der Waals surface area contributed by atoms with E-state index in [9.17, 15) is 27.6 Å². The zero-order chi connectivity index (χ0) is 52.1. The average molecular weight is 1090 g/mol. The summed E-state index contributed by atoms with van der Waals surface area (Å²) in [5.41, 5.74) is -0.430. The van der Waals surface area contributed by atoms with Crippen molar-refractivity contribution in [3.05, 3.63) is 39.9 Å². The second-order valence-electron chi connectivity index (χ2n) is 23.4. The molecule has 0 saturated carbocycles. The van der Waals surface area contributed by atoms with Gasteiger partial charge in [0.1, 0.15) is 5.78 Å². The van der Waals surface area contributed by atoms with Crippen molar-refractivity contribution in [2.24, 2.45) is 23.2 Å². The molecule has 2 heterocycles. The fraction of sp³-hybridized carbons (Fsp3) is 0.808. The van der Waals surface area contributed by atoms with Crippen LogP contribution in [0.4, 0.5) is 13.2 Å². The third-order valence-electron chi connectivity index (χ3n) is 15.2. The second-order valence-corrected chi connectivity index (χ2v) is 45.2. The van der Waals surface area contributed by atoms with Crippen LogP contribution in [0.15, 0.2) is 29.2 Å². The van der Waals surface area contributed by atoms with Gasteiger partial charge in [0.25, 0.3) is 0 Å². The van der Waals surface area contributed by atoms with Crippen LogP contribution < -0.4 is 0 Å². The van der Waals surface area contributed by atoms with Gasteiger partial charge in [0.15, 0.2) is 20.2 Å². The summed E-state index contributed by atoms with van der Waals surface area (Å²) in [6.45, 7) is 39.8. The first-order valence-electron chi connectivity index (χ1n) is 25.1. The van der Waals surface area contributed by atoms with E-state index in [4.69, 9.17) is 18.6 Å². The standard InChI is InChI=1S/C29H47F3O5Si.C23H47BrNOPSSi/c1-18-13-12-14-22(29(30,31)32)15-16-23(21(4)33)36-24(34)17-19(2)28(8,9)26(35)20(3)25(18)37-38(10,11)27(5,6)7;1-9-12-15-27(24,16-13-10-2,17-14-11-3)19-21-20-28-22(25-21)18-26-29(7,8)23(4,5)6/h12-13,15,18-20,23,25H,14,16-17H2,1-11H3;20H,9-19H2,1-8H3/b13-12+,22-15+;/t18-,19-,20+,23-,25-;/m0./s1. The van der Waals surface area contributed by atoms with Crippen molar-refractivity contribution in [3.8, 4) is 0 Å². The molecule has 15 heteroatoms. The Balaban J connectivity index is 0.000000695. The normalized spacial score (nSPS) is 24.1. The Labute approximate surface area is 420 Å². The van der Waals surface area contributed by atoms with Gasteiger partial charge in [-0.3, -0.25) is 14.4 Å². The zero-order valence-electron chi connectivity index (χ0n) is 45.4. The first kappa shape index (κ1) is 64.0. The molecule has 1 aliphatic rings. The number of esters is 1. The van der Waals surface area contributed by atoms with Crippen LogP contribution in [0.1, 0.15) is 172 Å². The summed E-state index contributed by atoms with van der Waals surface area (Å²) in [6.07, 6.45) is 9.79. The van der Waals surface area contributed by atoms with Gasteiger partial charge in [-0.05, 0) is 43.3 Å². The van der Waals surface area contributed by atoms with E-state index in [0.29, 0.717) is 6.61 Å². The van der Waals surface area contributed by atoms with E-state index < -0.39 is 81.3 Å². The topological polar surface area (TPSA) is 91.8 Å². The van der Waals surface area contributed by atoms with E-state index in [1.54, 1.807) is 45.1 Å². The van der Waals surface area contributed by atoms with E-state index in [1.807, 2.05) is 6.92 Å². The molecule has 1 aromatic heterocycles. The Bertz CT molecular complexity index is 1780. The van der Waals surface area contributed by atoms with Crippen LogP contribution >= 0.6 is 32.1 Å². The number of alkyl halides is 3. The Morgan fingerprint density at radius 3 is 1.87 bits per heavy atom. The molecule has 0 amide bonds. The van der Waals surface area contributed by atoms with Crippen LogP contribution in [0.5, 0.6) is 0 Å². The SMILES string of the molecule is CC(=O)[C@@H]1C/C=C(/C(F)(F)F)C/C=C/[C@H](C)[C@H](O[Si](C)(C)C(C)(C)C)[C@@H](C)C(=O)C(C)(C)[C@@H](C)CC(=O)O1.CCCCP(Br)(CCCC)(CCCC)Cc1csc(CO[Si](C)(C)C(C)(C)C)n1. The molecule has 7 nitrogen and oxygen atoms in total. The van der Waals surface area contributed by atoms with Gasteiger partial charge in [0.2, 0.25) is 0 Å². The molecular weight excluding hydrogens is 991 g/mol. The number of unbranched alkanes of at least 4 members (excludes halogenated alkanes) is 3. The first-order chi connectivity index (χ1) is 30.4. The number of aromatic nitrogens is 1. The van der Waals surface area contributed by atoms with Crippen molar-refractivity contribution in [3.63, 3.8) is 0 Å². The number of cyclic esters (lactones) is 1. The summed E-state index contributed by atoms with van der Waals surface area (Å²) < 4.78 is 59.7. The number of hydrogen-bond donors (Lipinski definition) is 0. The Morgan fingerprint density at radius 2 is 1.42 bits per heavy atom. The van der Waals surface area contributed by atoms with Gasteiger partial charge in [-0.1, -0.05) is 73.6 Å². The van der Waals surface area contributed by atoms with Crippen LogP contribution in [-0.2, 0) is 40.7 Å². The molecule has 1 aromatic rings. The van der Waals surface area contributed by atoms with Crippen molar-refractivity contribution < 1.29 is 41.1 Å². The van der Waals surface area contributed by atoms with Crippen molar-refractivity contribution in [2.45, 2.75) is 229 Å². The summed E-state index contributed by atoms with van der Waals surface area (Å²) in [7, 11) is -4.08. The van der Waals surface area contributed by atoms with E-state index in [-0.39, 0.29) is 34.6 Å². The predicted molar refractivity (Wildman–Crippen MR) is 289 cm³/mol. The van der Waals surface area contributed by atoms with Gasteiger partial charge in [-0.2, -0.15) is 13.2 Å². The molecular formula is C52H94BrF3NO6PSSi2. The summed E-state index contributed by atoms with van der Waals surface area (Å²) in [5.74, 6) is -2.70. The van der Waals surface area contributed by atoms with E-state index >= 15 is 0 Å². The molecule has 0 aromatic carbocycles. The molecule has 0 aliphatic carbocycles. The average Bonchev–Trinajstić information content (AvgIpc) is 3.65.